The van der Waals surface area contributed by atoms with Crippen LogP contribution < -0.4 is 0 Å². The Kier molecular flexibility index (Phi) is 0.545. The Labute approximate surface area is 38.5 Å². The molecule has 6 heavy (non-hydrogen) atoms. The fourth-order valence-electron chi connectivity index (χ4n) is 0.944. The van der Waals surface area contributed by atoms with Crippen LogP contribution in [0.4, 0.5) is 0 Å². The highest BCUT2D eigenvalue weighted by molar-refractivity contribution is 7.59. The molecule has 2 saturated heterocycles. The Morgan fingerprint density at radius 3 is 2.83 bits per heavy atom. The average Bonchev–Trinajstić information content (AvgIpc) is 2.17. The third-order valence-electron chi connectivity index (χ3n) is 1.36. The summed E-state index contributed by atoms with van der Waals surface area (Å²) in [6.45, 7) is 0. The highest BCUT2D eigenvalue weighted by Crippen LogP contribution is 2.67. The second-order valence-corrected chi connectivity index (χ2v) is 3.91. The van der Waals surface area contributed by atoms with Crippen LogP contribution in [-0.4, -0.2) is 12.0 Å². The van der Waals surface area contributed by atoms with Crippen LogP contribution in [0.3, 0.4) is 0 Å². The number of rotatable bonds is 0. The average molecular weight is 102 g/mol. The predicted octanol–water partition coefficient (Wildman–Crippen LogP) is 1.53. The Hall–Kier alpha value is 0.390. The van der Waals surface area contributed by atoms with E-state index >= 15 is 0 Å². The summed E-state index contributed by atoms with van der Waals surface area (Å²) in [5, 5.41) is 0. The quantitative estimate of drug-likeness (QED) is 0.334. The first-order chi connectivity index (χ1) is 2.97. The summed E-state index contributed by atoms with van der Waals surface area (Å²) in [5.74, 6) is 0.778. The molecule has 2 aliphatic heterocycles. The van der Waals surface area contributed by atoms with Gasteiger partial charge in [0.2, 0.25) is 0 Å². The van der Waals surface area contributed by atoms with E-state index in [1.54, 1.807) is 0 Å². The van der Waals surface area contributed by atoms with Gasteiger partial charge in [0.25, 0.3) is 0 Å². The summed E-state index contributed by atoms with van der Waals surface area (Å²) >= 11 is 0. The summed E-state index contributed by atoms with van der Waals surface area (Å²) < 4.78 is 5.22. The monoisotopic (exact) mass is 102 g/mol. The van der Waals surface area contributed by atoms with Crippen LogP contribution in [-0.2, 0) is 4.52 Å². The van der Waals surface area contributed by atoms with Crippen LogP contribution in [0.2, 0.25) is 0 Å². The van der Waals surface area contributed by atoms with Crippen molar-refractivity contribution < 1.29 is 4.52 Å². The Bertz CT molecular complexity index is 65.9. The van der Waals surface area contributed by atoms with E-state index in [0.717, 1.165) is 5.85 Å². The zero-order chi connectivity index (χ0) is 3.98. The van der Waals surface area contributed by atoms with Gasteiger partial charge in [0.15, 0.2) is 0 Å². The number of hydrogen-bond donors (Lipinski definition) is 0. The van der Waals surface area contributed by atoms with Crippen LogP contribution in [0, 0.1) is 0 Å². The lowest BCUT2D eigenvalue weighted by atomic mass is 10.4. The summed E-state index contributed by atoms with van der Waals surface area (Å²) in [4.78, 5) is 0. The molecule has 0 aromatic heterocycles. The van der Waals surface area contributed by atoms with Gasteiger partial charge in [-0.25, -0.2) is 0 Å². The van der Waals surface area contributed by atoms with Crippen molar-refractivity contribution in [2.75, 3.05) is 6.16 Å². The lowest BCUT2D eigenvalue weighted by Crippen LogP contribution is -1.74. The molecule has 2 fully saturated rings. The SMILES string of the molecule is C1CC2OP2C1. The first kappa shape index (κ1) is 3.40. The van der Waals surface area contributed by atoms with Gasteiger partial charge in [-0.05, 0) is 19.0 Å². The van der Waals surface area contributed by atoms with Gasteiger partial charge >= 0.3 is 0 Å². The molecule has 0 N–H and O–H groups in total. The Balaban J connectivity index is 2.09. The van der Waals surface area contributed by atoms with Crippen molar-refractivity contribution in [1.29, 1.82) is 0 Å². The van der Waals surface area contributed by atoms with Crippen molar-refractivity contribution in [2.45, 2.75) is 18.7 Å². The molecule has 0 spiro atoms. The Morgan fingerprint density at radius 1 is 1.67 bits per heavy atom. The highest BCUT2D eigenvalue weighted by atomic mass is 31.2. The van der Waals surface area contributed by atoms with Gasteiger partial charge in [-0.1, -0.05) is 0 Å². The molecule has 0 aromatic rings. The van der Waals surface area contributed by atoms with Gasteiger partial charge < -0.3 is 4.52 Å². The third-order valence-corrected chi connectivity index (χ3v) is 3.44. The normalized spacial score (nSPS) is 52.0. The summed E-state index contributed by atoms with van der Waals surface area (Å²) in [7, 11) is 0.202. The topological polar surface area (TPSA) is 12.5 Å². The molecule has 1 nitrogen and oxygen atoms in total. The van der Waals surface area contributed by atoms with Gasteiger partial charge in [0, 0.05) is 0 Å². The smallest absolute Gasteiger partial charge is 0.106 e. The standard InChI is InChI=1S/C4H7OP/c1-2-4-5-6(4)3-1/h4H,1-3H2. The van der Waals surface area contributed by atoms with Crippen molar-refractivity contribution in [1.82, 2.24) is 0 Å². The molecule has 2 rings (SSSR count). The number of hydrogen-bond acceptors (Lipinski definition) is 1. The second kappa shape index (κ2) is 0.962. The van der Waals surface area contributed by atoms with E-state index in [2.05, 4.69) is 0 Å². The summed E-state index contributed by atoms with van der Waals surface area (Å²) in [6.07, 6.45) is 4.21. The largest absolute Gasteiger partial charge is 0.347 e. The fourth-order valence-corrected chi connectivity index (χ4v) is 2.87. The lowest BCUT2D eigenvalue weighted by Gasteiger charge is -1.81. The van der Waals surface area contributed by atoms with Gasteiger partial charge in [-0.2, -0.15) is 0 Å². The number of fused-ring (bicyclic) bond motifs is 1. The summed E-state index contributed by atoms with van der Waals surface area (Å²) in [6, 6.07) is 0. The van der Waals surface area contributed by atoms with Crippen molar-refractivity contribution in [3.63, 3.8) is 0 Å². The minimum Gasteiger partial charge on any atom is -0.347 e. The van der Waals surface area contributed by atoms with Crippen molar-refractivity contribution in [3.05, 3.63) is 0 Å². The molecule has 0 aromatic carbocycles. The molecular formula is C4H7OP. The molecule has 2 unspecified atom stereocenters. The minimum atomic E-state index is 0.202. The van der Waals surface area contributed by atoms with Crippen molar-refractivity contribution in [2.24, 2.45) is 0 Å². The molecule has 2 atom stereocenters. The molecule has 0 saturated carbocycles. The van der Waals surface area contributed by atoms with E-state index in [1.807, 2.05) is 0 Å². The van der Waals surface area contributed by atoms with E-state index in [0.29, 0.717) is 0 Å². The lowest BCUT2D eigenvalue weighted by molar-refractivity contribution is 0.426. The van der Waals surface area contributed by atoms with Crippen LogP contribution in [0.5, 0.6) is 0 Å². The van der Waals surface area contributed by atoms with E-state index in [4.69, 9.17) is 4.52 Å². The predicted molar refractivity (Wildman–Crippen MR) is 25.9 cm³/mol. The highest BCUT2D eigenvalue weighted by Gasteiger charge is 2.42. The fraction of sp³-hybridized carbons (Fsp3) is 1.00. The van der Waals surface area contributed by atoms with E-state index in [1.165, 1.54) is 19.0 Å². The van der Waals surface area contributed by atoms with Crippen molar-refractivity contribution in [3.8, 4) is 0 Å². The zero-order valence-corrected chi connectivity index (χ0v) is 4.45. The maximum atomic E-state index is 5.22. The van der Waals surface area contributed by atoms with E-state index < -0.39 is 0 Å². The zero-order valence-electron chi connectivity index (χ0n) is 3.55. The molecule has 2 heterocycles. The van der Waals surface area contributed by atoms with Gasteiger partial charge in [0.05, 0.1) is 8.15 Å². The Morgan fingerprint density at radius 2 is 2.67 bits per heavy atom. The van der Waals surface area contributed by atoms with E-state index in [9.17, 15) is 0 Å². The molecular weight excluding hydrogens is 95.0 g/mol. The van der Waals surface area contributed by atoms with Crippen LogP contribution in [0.25, 0.3) is 0 Å². The first-order valence-electron chi connectivity index (χ1n) is 2.40. The first-order valence-corrected chi connectivity index (χ1v) is 3.91. The molecule has 0 bridgehead atoms. The van der Waals surface area contributed by atoms with Crippen LogP contribution >= 0.6 is 8.15 Å². The van der Waals surface area contributed by atoms with E-state index in [-0.39, 0.29) is 8.15 Å². The van der Waals surface area contributed by atoms with Crippen LogP contribution in [0.1, 0.15) is 12.8 Å². The minimum absolute atomic E-state index is 0.202. The molecule has 2 aliphatic rings. The molecule has 0 aliphatic carbocycles. The maximum absolute atomic E-state index is 5.22. The van der Waals surface area contributed by atoms with Gasteiger partial charge in [-0.3, -0.25) is 0 Å². The van der Waals surface area contributed by atoms with Crippen LogP contribution in [0.15, 0.2) is 0 Å². The van der Waals surface area contributed by atoms with Gasteiger partial charge in [0.1, 0.15) is 5.85 Å². The van der Waals surface area contributed by atoms with Crippen molar-refractivity contribution >= 4 is 8.15 Å². The second-order valence-electron chi connectivity index (χ2n) is 1.84. The molecule has 0 amide bonds. The molecule has 34 valence electrons. The summed E-state index contributed by atoms with van der Waals surface area (Å²) in [5.41, 5.74) is 0. The van der Waals surface area contributed by atoms with Gasteiger partial charge in [-0.15, -0.1) is 0 Å². The molecule has 0 radical (unpaired) electrons. The maximum Gasteiger partial charge on any atom is 0.106 e. The third kappa shape index (κ3) is 0.329. The molecule has 2 heteroatoms.